The Bertz CT molecular complexity index is 1980. The van der Waals surface area contributed by atoms with Gasteiger partial charge >= 0.3 is 0 Å². The molecule has 1 aliphatic carbocycles. The summed E-state index contributed by atoms with van der Waals surface area (Å²) in [4.78, 5) is 13.9. The van der Waals surface area contributed by atoms with Crippen LogP contribution in [-0.4, -0.2) is 37.3 Å². The summed E-state index contributed by atoms with van der Waals surface area (Å²) in [6, 6.07) is 11.1. The Balaban J connectivity index is 1.50. The Labute approximate surface area is 243 Å². The molecule has 1 aliphatic rings. The van der Waals surface area contributed by atoms with Gasteiger partial charge in [-0.3, -0.25) is 4.98 Å². The van der Waals surface area contributed by atoms with Gasteiger partial charge in [0, 0.05) is 59.0 Å². The predicted molar refractivity (Wildman–Crippen MR) is 157 cm³/mol. The van der Waals surface area contributed by atoms with Crippen LogP contribution in [0.1, 0.15) is 18.7 Å². The van der Waals surface area contributed by atoms with Gasteiger partial charge in [-0.2, -0.15) is 0 Å². The number of thiophene rings is 1. The molecule has 0 amide bonds. The molecule has 0 bridgehead atoms. The number of aliphatic hydroxyl groups is 1. The van der Waals surface area contributed by atoms with Crippen molar-refractivity contribution in [2.45, 2.75) is 25.9 Å². The third-order valence-electron chi connectivity index (χ3n) is 7.94. The van der Waals surface area contributed by atoms with Crippen LogP contribution >= 0.6 is 11.3 Å². The van der Waals surface area contributed by atoms with Gasteiger partial charge < -0.3 is 14.4 Å². The number of imidazole rings is 1. The molecule has 212 valence electrons. The topological polar surface area (TPSA) is 73.1 Å². The van der Waals surface area contributed by atoms with E-state index in [9.17, 15) is 9.50 Å². The highest BCUT2D eigenvalue weighted by molar-refractivity contribution is 7.17. The Morgan fingerprint density at radius 1 is 1.00 bits per heavy atom. The molecule has 4 heterocycles. The molecule has 1 fully saturated rings. The highest BCUT2D eigenvalue weighted by Gasteiger charge is 2.30. The first-order valence-corrected chi connectivity index (χ1v) is 14.4. The number of ether oxygens (including phenoxy) is 1. The number of aryl methyl sites for hydroxylation is 2. The number of halogens is 3. The summed E-state index contributed by atoms with van der Waals surface area (Å²) in [7, 11) is 1.94. The number of aromatic nitrogens is 4. The third-order valence-corrected chi connectivity index (χ3v) is 8.90. The molecule has 7 rings (SSSR count). The van der Waals surface area contributed by atoms with E-state index in [-0.39, 0.29) is 40.5 Å². The van der Waals surface area contributed by atoms with Gasteiger partial charge in [0.25, 0.3) is 0 Å². The van der Waals surface area contributed by atoms with Crippen molar-refractivity contribution in [2.75, 3.05) is 6.61 Å². The molecule has 6 nitrogen and oxygen atoms in total. The first kappa shape index (κ1) is 26.6. The molecule has 0 aliphatic heterocycles. The normalized spacial score (nSPS) is 16.7. The molecular weight excluding hydrogens is 561 g/mol. The van der Waals surface area contributed by atoms with Gasteiger partial charge in [0.15, 0.2) is 0 Å². The average Bonchev–Trinajstić information content (AvgIpc) is 3.48. The zero-order valence-corrected chi connectivity index (χ0v) is 23.6. The smallest absolute Gasteiger partial charge is 0.142 e. The summed E-state index contributed by atoms with van der Waals surface area (Å²) < 4.78 is 54.7. The van der Waals surface area contributed by atoms with Crippen molar-refractivity contribution in [3.8, 4) is 39.4 Å². The van der Waals surface area contributed by atoms with E-state index in [2.05, 4.69) is 9.97 Å². The van der Waals surface area contributed by atoms with Crippen LogP contribution in [0.4, 0.5) is 13.2 Å². The Hall–Kier alpha value is -4.28. The van der Waals surface area contributed by atoms with Gasteiger partial charge in [0.2, 0.25) is 0 Å². The molecule has 42 heavy (non-hydrogen) atoms. The first-order valence-electron chi connectivity index (χ1n) is 13.5. The average molecular weight is 587 g/mol. The molecule has 0 spiro atoms. The molecule has 6 aromatic rings. The molecule has 2 aromatic carbocycles. The Morgan fingerprint density at radius 2 is 1.83 bits per heavy atom. The zero-order valence-electron chi connectivity index (χ0n) is 22.7. The lowest BCUT2D eigenvalue weighted by Crippen LogP contribution is -2.32. The largest absolute Gasteiger partial charge is 0.492 e. The molecule has 0 atom stereocenters. The van der Waals surface area contributed by atoms with Crippen molar-refractivity contribution in [3.05, 3.63) is 83.5 Å². The maximum absolute atomic E-state index is 15.8. The summed E-state index contributed by atoms with van der Waals surface area (Å²) >= 11 is 1.16. The number of fused-ring (bicyclic) bond motifs is 2. The van der Waals surface area contributed by atoms with E-state index >= 15 is 8.78 Å². The molecule has 0 unspecified atom stereocenters. The standard InChI is InChI=1S/C32H25F3N4O2S/c1-16-37-24-10-18(5-6-25(24)39(16)2)31-32-28(23(35)15-42-32)29(30(38-31)19-4-3-7-36-13-19)27-22(34)11-20(33)12-26(27)41-14-17-8-21(40)9-17/h3-7,10-13,15,17,21,40H,8-9,14H2,1-2H3. The van der Waals surface area contributed by atoms with Crippen molar-refractivity contribution < 1.29 is 23.0 Å². The summed E-state index contributed by atoms with van der Waals surface area (Å²) in [6.07, 6.45) is 3.88. The van der Waals surface area contributed by atoms with Crippen LogP contribution in [-0.2, 0) is 7.05 Å². The minimum Gasteiger partial charge on any atom is -0.492 e. The van der Waals surface area contributed by atoms with Crippen molar-refractivity contribution in [3.63, 3.8) is 0 Å². The number of pyridine rings is 2. The quantitative estimate of drug-likeness (QED) is 0.219. The second-order valence-corrected chi connectivity index (χ2v) is 11.6. The molecular formula is C32H25F3N4O2S. The van der Waals surface area contributed by atoms with Crippen molar-refractivity contribution in [1.82, 2.24) is 19.5 Å². The highest BCUT2D eigenvalue weighted by Crippen LogP contribution is 2.48. The van der Waals surface area contributed by atoms with Gasteiger partial charge in [-0.1, -0.05) is 6.07 Å². The molecule has 0 radical (unpaired) electrons. The molecule has 0 saturated heterocycles. The van der Waals surface area contributed by atoms with E-state index < -0.39 is 23.6 Å². The number of rotatable bonds is 6. The van der Waals surface area contributed by atoms with Gasteiger partial charge in [-0.25, -0.2) is 23.1 Å². The van der Waals surface area contributed by atoms with Crippen LogP contribution in [0.5, 0.6) is 5.75 Å². The molecule has 10 heteroatoms. The lowest BCUT2D eigenvalue weighted by atomic mass is 9.83. The van der Waals surface area contributed by atoms with Crippen molar-refractivity contribution >= 4 is 32.5 Å². The number of nitrogens with zero attached hydrogens (tertiary/aromatic N) is 4. The van der Waals surface area contributed by atoms with E-state index in [1.165, 1.54) is 5.38 Å². The summed E-state index contributed by atoms with van der Waals surface area (Å²) in [5.74, 6) is -1.40. The van der Waals surface area contributed by atoms with E-state index in [0.29, 0.717) is 28.8 Å². The van der Waals surface area contributed by atoms with Gasteiger partial charge in [-0.05, 0) is 49.9 Å². The van der Waals surface area contributed by atoms with Crippen LogP contribution < -0.4 is 4.74 Å². The van der Waals surface area contributed by atoms with Gasteiger partial charge in [0.1, 0.15) is 29.0 Å². The third kappa shape index (κ3) is 4.42. The predicted octanol–water partition coefficient (Wildman–Crippen LogP) is 7.45. The maximum atomic E-state index is 15.8. The number of hydrogen-bond donors (Lipinski definition) is 1. The second kappa shape index (κ2) is 10.2. The van der Waals surface area contributed by atoms with Crippen LogP contribution in [0.3, 0.4) is 0 Å². The summed E-state index contributed by atoms with van der Waals surface area (Å²) in [6.45, 7) is 2.09. The first-order chi connectivity index (χ1) is 20.3. The van der Waals surface area contributed by atoms with Gasteiger partial charge in [-0.15, -0.1) is 11.3 Å². The van der Waals surface area contributed by atoms with Crippen LogP contribution in [0, 0.1) is 30.3 Å². The van der Waals surface area contributed by atoms with Crippen molar-refractivity contribution in [2.24, 2.45) is 13.0 Å². The number of benzene rings is 2. The maximum Gasteiger partial charge on any atom is 0.142 e. The molecule has 1 N–H and O–H groups in total. The van der Waals surface area contributed by atoms with Crippen LogP contribution in [0.2, 0.25) is 0 Å². The fourth-order valence-electron chi connectivity index (χ4n) is 5.65. The number of aliphatic hydroxyl groups excluding tert-OH is 1. The lowest BCUT2D eigenvalue weighted by Gasteiger charge is -2.31. The summed E-state index contributed by atoms with van der Waals surface area (Å²) in [5, 5.41) is 11.2. The zero-order chi connectivity index (χ0) is 29.1. The number of hydrogen-bond acceptors (Lipinski definition) is 6. The second-order valence-electron chi connectivity index (χ2n) is 10.7. The van der Waals surface area contributed by atoms with E-state index in [0.717, 1.165) is 45.9 Å². The minimum atomic E-state index is -0.893. The monoisotopic (exact) mass is 586 g/mol. The lowest BCUT2D eigenvalue weighted by molar-refractivity contribution is 0.0203. The van der Waals surface area contributed by atoms with Gasteiger partial charge in [0.05, 0.1) is 45.4 Å². The highest BCUT2D eigenvalue weighted by atomic mass is 32.1. The SMILES string of the molecule is Cc1nc2cc(-c3nc(-c4cccnc4)c(-c4c(F)cc(F)cc4OCC4CC(O)C4)c4c(F)csc34)ccc2n1C. The van der Waals surface area contributed by atoms with Crippen molar-refractivity contribution in [1.29, 1.82) is 0 Å². The Morgan fingerprint density at radius 3 is 2.60 bits per heavy atom. The van der Waals surface area contributed by atoms with E-state index in [4.69, 9.17) is 9.72 Å². The fourth-order valence-corrected chi connectivity index (χ4v) is 6.58. The van der Waals surface area contributed by atoms with E-state index in [1.807, 2.05) is 36.7 Å². The van der Waals surface area contributed by atoms with E-state index in [1.54, 1.807) is 24.5 Å². The van der Waals surface area contributed by atoms with Crippen LogP contribution in [0.15, 0.2) is 60.2 Å². The molecule has 4 aromatic heterocycles. The molecule has 1 saturated carbocycles. The minimum absolute atomic E-state index is 0.0501. The fraction of sp³-hybridized carbons (Fsp3) is 0.219. The van der Waals surface area contributed by atoms with Crippen LogP contribution in [0.25, 0.3) is 54.8 Å². The summed E-state index contributed by atoms with van der Waals surface area (Å²) in [5.41, 5.74) is 3.87. The Kier molecular flexibility index (Phi) is 6.47.